The molecule has 2 atom stereocenters. The molecule has 0 aromatic heterocycles. The second kappa shape index (κ2) is 7.58. The molecule has 0 bridgehead atoms. The molecule has 1 aliphatic heterocycles. The van der Waals surface area contributed by atoms with E-state index in [4.69, 9.17) is 22.1 Å². The molecule has 1 aromatic carbocycles. The fraction of sp³-hybridized carbons (Fsp3) is 0.467. The highest BCUT2D eigenvalue weighted by molar-refractivity contribution is 6.34. The topological polar surface area (TPSA) is 84.7 Å². The van der Waals surface area contributed by atoms with E-state index in [-0.39, 0.29) is 30.9 Å². The second-order valence-corrected chi connectivity index (χ2v) is 5.55. The van der Waals surface area contributed by atoms with Gasteiger partial charge in [0.05, 0.1) is 23.2 Å². The van der Waals surface area contributed by atoms with Crippen LogP contribution >= 0.6 is 11.6 Å². The zero-order valence-corrected chi connectivity index (χ0v) is 13.2. The maximum atomic E-state index is 12.4. The molecule has 1 aliphatic rings. The molecule has 2 unspecified atom stereocenters. The van der Waals surface area contributed by atoms with Gasteiger partial charge in [-0.15, -0.1) is 0 Å². The SMILES string of the molecule is COC(CN)CC(=O)NC1CCN(c2ccccc2Cl)C1=O. The molecule has 7 heteroatoms. The van der Waals surface area contributed by atoms with Gasteiger partial charge in [-0.2, -0.15) is 0 Å². The van der Waals surface area contributed by atoms with E-state index in [0.717, 1.165) is 0 Å². The van der Waals surface area contributed by atoms with Crippen molar-refractivity contribution in [2.24, 2.45) is 5.73 Å². The highest BCUT2D eigenvalue weighted by atomic mass is 35.5. The molecular formula is C15H20ClN3O3. The Morgan fingerprint density at radius 2 is 2.27 bits per heavy atom. The summed E-state index contributed by atoms with van der Waals surface area (Å²) in [5, 5.41) is 3.26. The van der Waals surface area contributed by atoms with Crippen LogP contribution in [0.5, 0.6) is 0 Å². The van der Waals surface area contributed by atoms with Crippen molar-refractivity contribution in [1.82, 2.24) is 5.32 Å². The van der Waals surface area contributed by atoms with Gasteiger partial charge >= 0.3 is 0 Å². The molecule has 0 aliphatic carbocycles. The van der Waals surface area contributed by atoms with Crippen molar-refractivity contribution in [1.29, 1.82) is 0 Å². The summed E-state index contributed by atoms with van der Waals surface area (Å²) in [4.78, 5) is 26.0. The Balaban J connectivity index is 1.97. The van der Waals surface area contributed by atoms with Gasteiger partial charge in [0, 0.05) is 20.2 Å². The van der Waals surface area contributed by atoms with Crippen LogP contribution in [-0.4, -0.2) is 44.2 Å². The molecule has 0 saturated carbocycles. The summed E-state index contributed by atoms with van der Waals surface area (Å²) in [6.07, 6.45) is 0.357. The average molecular weight is 326 g/mol. The van der Waals surface area contributed by atoms with Gasteiger partial charge in [-0.25, -0.2) is 0 Å². The van der Waals surface area contributed by atoms with Crippen molar-refractivity contribution in [3.05, 3.63) is 29.3 Å². The van der Waals surface area contributed by atoms with Crippen LogP contribution in [-0.2, 0) is 14.3 Å². The van der Waals surface area contributed by atoms with Crippen molar-refractivity contribution < 1.29 is 14.3 Å². The smallest absolute Gasteiger partial charge is 0.249 e. The van der Waals surface area contributed by atoms with Crippen molar-refractivity contribution in [2.45, 2.75) is 25.0 Å². The van der Waals surface area contributed by atoms with Gasteiger partial charge in [-0.3, -0.25) is 9.59 Å². The fourth-order valence-corrected chi connectivity index (χ4v) is 2.68. The lowest BCUT2D eigenvalue weighted by Gasteiger charge is -2.19. The number of amides is 2. The van der Waals surface area contributed by atoms with Crippen LogP contribution in [0.3, 0.4) is 0 Å². The number of anilines is 1. The maximum Gasteiger partial charge on any atom is 0.249 e. The molecule has 120 valence electrons. The third kappa shape index (κ3) is 3.76. The molecular weight excluding hydrogens is 306 g/mol. The summed E-state index contributed by atoms with van der Waals surface area (Å²) in [5.74, 6) is -0.389. The average Bonchev–Trinajstić information content (AvgIpc) is 2.86. The van der Waals surface area contributed by atoms with Crippen molar-refractivity contribution >= 4 is 29.1 Å². The number of carbonyl (C=O) groups excluding carboxylic acids is 2. The number of benzene rings is 1. The van der Waals surface area contributed by atoms with E-state index >= 15 is 0 Å². The van der Waals surface area contributed by atoms with Gasteiger partial charge in [0.1, 0.15) is 6.04 Å². The Hall–Kier alpha value is -1.63. The predicted molar refractivity (Wildman–Crippen MR) is 84.8 cm³/mol. The van der Waals surface area contributed by atoms with E-state index in [1.807, 2.05) is 12.1 Å². The first-order chi connectivity index (χ1) is 10.6. The predicted octanol–water partition coefficient (Wildman–Crippen LogP) is 0.925. The molecule has 1 saturated heterocycles. The molecule has 0 spiro atoms. The van der Waals surface area contributed by atoms with Gasteiger partial charge in [0.2, 0.25) is 11.8 Å². The zero-order chi connectivity index (χ0) is 16.1. The van der Waals surface area contributed by atoms with E-state index in [1.54, 1.807) is 17.0 Å². The number of ether oxygens (including phenoxy) is 1. The number of para-hydroxylation sites is 1. The lowest BCUT2D eigenvalue weighted by atomic mass is 10.2. The minimum absolute atomic E-state index is 0.142. The monoisotopic (exact) mass is 325 g/mol. The number of hydrogen-bond acceptors (Lipinski definition) is 4. The quantitative estimate of drug-likeness (QED) is 0.814. The third-order valence-corrected chi connectivity index (χ3v) is 4.01. The van der Waals surface area contributed by atoms with E-state index < -0.39 is 6.04 Å². The van der Waals surface area contributed by atoms with Gasteiger partial charge in [-0.1, -0.05) is 23.7 Å². The Bertz CT molecular complexity index is 549. The number of hydrogen-bond donors (Lipinski definition) is 2. The summed E-state index contributed by atoms with van der Waals surface area (Å²) in [6, 6.07) is 6.63. The highest BCUT2D eigenvalue weighted by Gasteiger charge is 2.34. The number of nitrogens with zero attached hydrogens (tertiary/aromatic N) is 1. The van der Waals surface area contributed by atoms with Crippen molar-refractivity contribution in [3.8, 4) is 0 Å². The molecule has 6 nitrogen and oxygen atoms in total. The Labute approximate surface area is 134 Å². The fourth-order valence-electron chi connectivity index (χ4n) is 2.45. The van der Waals surface area contributed by atoms with Gasteiger partial charge < -0.3 is 20.7 Å². The van der Waals surface area contributed by atoms with Crippen LogP contribution in [0.2, 0.25) is 5.02 Å². The Morgan fingerprint density at radius 1 is 1.55 bits per heavy atom. The van der Waals surface area contributed by atoms with Crippen molar-refractivity contribution in [2.75, 3.05) is 25.1 Å². The number of nitrogens with two attached hydrogens (primary N) is 1. The third-order valence-electron chi connectivity index (χ3n) is 3.69. The van der Waals surface area contributed by atoms with Crippen LogP contribution < -0.4 is 16.0 Å². The molecule has 1 aromatic rings. The van der Waals surface area contributed by atoms with Crippen molar-refractivity contribution in [3.63, 3.8) is 0 Å². The molecule has 1 fully saturated rings. The van der Waals surface area contributed by atoms with Crippen LogP contribution in [0.25, 0.3) is 0 Å². The number of rotatable bonds is 6. The first-order valence-corrected chi connectivity index (χ1v) is 7.52. The summed E-state index contributed by atoms with van der Waals surface area (Å²) in [7, 11) is 1.50. The molecule has 3 N–H and O–H groups in total. The second-order valence-electron chi connectivity index (χ2n) is 5.15. The van der Waals surface area contributed by atoms with E-state index in [1.165, 1.54) is 7.11 Å². The lowest BCUT2D eigenvalue weighted by molar-refractivity contribution is -0.128. The first kappa shape index (κ1) is 16.7. The Morgan fingerprint density at radius 3 is 2.91 bits per heavy atom. The normalized spacial score (nSPS) is 19.3. The summed E-state index contributed by atoms with van der Waals surface area (Å²) < 4.78 is 5.07. The lowest BCUT2D eigenvalue weighted by Crippen LogP contribution is -2.43. The van der Waals surface area contributed by atoms with Crippen LogP contribution in [0, 0.1) is 0 Å². The van der Waals surface area contributed by atoms with E-state index in [2.05, 4.69) is 5.32 Å². The van der Waals surface area contributed by atoms with Gasteiger partial charge in [0.25, 0.3) is 0 Å². The number of nitrogens with one attached hydrogen (secondary N) is 1. The van der Waals surface area contributed by atoms with Crippen LogP contribution in [0.1, 0.15) is 12.8 Å². The van der Waals surface area contributed by atoms with Gasteiger partial charge in [0.15, 0.2) is 0 Å². The van der Waals surface area contributed by atoms with Crippen LogP contribution in [0.15, 0.2) is 24.3 Å². The standard InChI is InChI=1S/C15H20ClN3O3/c1-22-10(9-17)8-14(20)18-12-6-7-19(15(12)21)13-5-3-2-4-11(13)16/h2-5,10,12H,6-9,17H2,1H3,(H,18,20). The minimum atomic E-state index is -0.529. The molecule has 0 radical (unpaired) electrons. The maximum absolute atomic E-state index is 12.4. The highest BCUT2D eigenvalue weighted by Crippen LogP contribution is 2.28. The minimum Gasteiger partial charge on any atom is -0.380 e. The van der Waals surface area contributed by atoms with E-state index in [0.29, 0.717) is 23.7 Å². The molecule has 22 heavy (non-hydrogen) atoms. The summed E-state index contributed by atoms with van der Waals surface area (Å²) in [6.45, 7) is 0.784. The van der Waals surface area contributed by atoms with E-state index in [9.17, 15) is 9.59 Å². The zero-order valence-electron chi connectivity index (χ0n) is 12.4. The number of methoxy groups -OCH3 is 1. The number of carbonyl (C=O) groups is 2. The van der Waals surface area contributed by atoms with Crippen LogP contribution in [0.4, 0.5) is 5.69 Å². The largest absolute Gasteiger partial charge is 0.380 e. The number of halogens is 1. The first-order valence-electron chi connectivity index (χ1n) is 7.15. The molecule has 2 rings (SSSR count). The molecule has 1 heterocycles. The molecule has 2 amide bonds. The summed E-state index contributed by atoms with van der Waals surface area (Å²) >= 11 is 6.12. The van der Waals surface area contributed by atoms with Gasteiger partial charge in [-0.05, 0) is 18.6 Å². The Kier molecular flexibility index (Phi) is 5.76. The summed E-state index contributed by atoms with van der Waals surface area (Å²) in [5.41, 5.74) is 6.16.